The van der Waals surface area contributed by atoms with Crippen molar-refractivity contribution in [2.24, 2.45) is 0 Å². The molecule has 0 aliphatic carbocycles. The molecule has 1 aliphatic rings. The first kappa shape index (κ1) is 17.8. The molecule has 0 bridgehead atoms. The van der Waals surface area contributed by atoms with E-state index in [2.05, 4.69) is 10.4 Å². The minimum atomic E-state index is -0.212. The van der Waals surface area contributed by atoms with Crippen LogP contribution in [0.15, 0.2) is 57.9 Å². The van der Waals surface area contributed by atoms with Crippen LogP contribution in [0.25, 0.3) is 11.5 Å². The van der Waals surface area contributed by atoms with Crippen LogP contribution in [-0.2, 0) is 17.9 Å². The van der Waals surface area contributed by atoms with E-state index in [-0.39, 0.29) is 18.3 Å². The molecule has 1 N–H and O–H groups in total. The molecule has 3 aromatic rings. The Bertz CT molecular complexity index is 1030. The number of fused-ring (bicyclic) bond motifs is 1. The van der Waals surface area contributed by atoms with Crippen LogP contribution < -0.4 is 20.3 Å². The highest BCUT2D eigenvalue weighted by atomic mass is 16.7. The number of aryl methyl sites for hydroxylation is 1. The minimum absolute atomic E-state index is 0.0899. The third kappa shape index (κ3) is 4.06. The van der Waals surface area contributed by atoms with E-state index >= 15 is 0 Å². The molecular formula is C20H19N3O5. The lowest BCUT2D eigenvalue weighted by molar-refractivity contribution is -0.121. The van der Waals surface area contributed by atoms with Crippen LogP contribution in [0.2, 0.25) is 0 Å². The van der Waals surface area contributed by atoms with Gasteiger partial charge in [0.15, 0.2) is 17.3 Å². The van der Waals surface area contributed by atoms with Gasteiger partial charge in [-0.2, -0.15) is 5.10 Å². The number of nitrogens with zero attached hydrogens (tertiary/aromatic N) is 2. The molecule has 0 fully saturated rings. The summed E-state index contributed by atoms with van der Waals surface area (Å²) < 4.78 is 17.2. The maximum Gasteiger partial charge on any atom is 0.266 e. The molecule has 28 heavy (non-hydrogen) atoms. The first-order chi connectivity index (χ1) is 13.7. The van der Waals surface area contributed by atoms with Crippen LogP contribution in [0.4, 0.5) is 0 Å². The van der Waals surface area contributed by atoms with Gasteiger partial charge in [-0.1, -0.05) is 6.07 Å². The summed E-state index contributed by atoms with van der Waals surface area (Å²) in [5, 5.41) is 7.16. The second-order valence-electron chi connectivity index (χ2n) is 6.33. The highest BCUT2D eigenvalue weighted by Gasteiger charge is 2.13. The van der Waals surface area contributed by atoms with Gasteiger partial charge in [0.25, 0.3) is 5.56 Å². The SMILES string of the molecule is O=C(CCCn1nc(-c2ccco2)ccc1=O)NCc1ccc2c(c1)OCO2. The summed E-state index contributed by atoms with van der Waals surface area (Å²) >= 11 is 0. The summed E-state index contributed by atoms with van der Waals surface area (Å²) in [5.41, 5.74) is 1.30. The molecule has 8 nitrogen and oxygen atoms in total. The summed E-state index contributed by atoms with van der Waals surface area (Å²) in [6.07, 6.45) is 2.35. The predicted molar refractivity (Wildman–Crippen MR) is 99.8 cm³/mol. The molecule has 3 heterocycles. The third-order valence-corrected chi connectivity index (χ3v) is 4.34. The smallest absolute Gasteiger partial charge is 0.266 e. The molecule has 144 valence electrons. The lowest BCUT2D eigenvalue weighted by Crippen LogP contribution is -2.25. The first-order valence-electron chi connectivity index (χ1n) is 8.96. The van der Waals surface area contributed by atoms with E-state index in [4.69, 9.17) is 13.9 Å². The van der Waals surface area contributed by atoms with E-state index < -0.39 is 0 Å². The molecule has 1 aliphatic heterocycles. The summed E-state index contributed by atoms with van der Waals surface area (Å²) in [5.74, 6) is 1.90. The molecule has 0 saturated carbocycles. The number of hydrogen-bond donors (Lipinski definition) is 1. The van der Waals surface area contributed by atoms with Gasteiger partial charge in [-0.3, -0.25) is 9.59 Å². The number of amides is 1. The number of carbonyl (C=O) groups is 1. The molecule has 0 spiro atoms. The van der Waals surface area contributed by atoms with Gasteiger partial charge in [0.05, 0.1) is 6.26 Å². The quantitative estimate of drug-likeness (QED) is 0.675. The lowest BCUT2D eigenvalue weighted by Gasteiger charge is -2.08. The average Bonchev–Trinajstić information content (AvgIpc) is 3.39. The zero-order valence-electron chi connectivity index (χ0n) is 15.1. The first-order valence-corrected chi connectivity index (χ1v) is 8.96. The van der Waals surface area contributed by atoms with Crippen LogP contribution in [0.5, 0.6) is 11.5 Å². The van der Waals surface area contributed by atoms with Crippen LogP contribution >= 0.6 is 0 Å². The Balaban J connectivity index is 1.27. The van der Waals surface area contributed by atoms with Gasteiger partial charge in [-0.15, -0.1) is 0 Å². The molecular weight excluding hydrogens is 362 g/mol. The van der Waals surface area contributed by atoms with Crippen LogP contribution in [0.1, 0.15) is 18.4 Å². The van der Waals surface area contributed by atoms with Crippen molar-refractivity contribution < 1.29 is 18.7 Å². The summed E-state index contributed by atoms with van der Waals surface area (Å²) in [4.78, 5) is 24.1. The standard InChI is InChI=1S/C20H19N3O5/c24-19(21-12-14-5-7-17-18(11-14)28-13-27-17)4-1-9-23-20(25)8-6-15(22-23)16-3-2-10-26-16/h2-3,5-8,10-11H,1,4,9,12-13H2,(H,21,24). The Kier molecular flexibility index (Phi) is 5.09. The van der Waals surface area contributed by atoms with Crippen molar-refractivity contribution in [3.05, 3.63) is 64.6 Å². The van der Waals surface area contributed by atoms with Crippen LogP contribution in [0.3, 0.4) is 0 Å². The van der Waals surface area contributed by atoms with Crippen LogP contribution in [-0.4, -0.2) is 22.5 Å². The minimum Gasteiger partial charge on any atom is -0.463 e. The highest BCUT2D eigenvalue weighted by molar-refractivity contribution is 5.75. The highest BCUT2D eigenvalue weighted by Crippen LogP contribution is 2.32. The van der Waals surface area contributed by atoms with E-state index in [1.165, 1.54) is 10.7 Å². The molecule has 0 unspecified atom stereocenters. The Labute approximate surface area is 160 Å². The van der Waals surface area contributed by atoms with Crippen molar-refractivity contribution in [1.82, 2.24) is 15.1 Å². The summed E-state index contributed by atoms with van der Waals surface area (Å²) in [6, 6.07) is 12.2. The molecule has 2 aromatic heterocycles. The van der Waals surface area contributed by atoms with E-state index in [1.807, 2.05) is 18.2 Å². The molecule has 1 aromatic carbocycles. The zero-order valence-corrected chi connectivity index (χ0v) is 15.1. The lowest BCUT2D eigenvalue weighted by atomic mass is 10.2. The molecule has 1 amide bonds. The molecule has 0 radical (unpaired) electrons. The van der Waals surface area contributed by atoms with E-state index in [9.17, 15) is 9.59 Å². The summed E-state index contributed by atoms with van der Waals surface area (Å²) in [6.45, 7) is 0.978. The fraction of sp³-hybridized carbons (Fsp3) is 0.250. The van der Waals surface area contributed by atoms with E-state index in [1.54, 1.807) is 24.5 Å². The molecule has 8 heteroatoms. The van der Waals surface area contributed by atoms with Crippen molar-refractivity contribution >= 4 is 5.91 Å². The van der Waals surface area contributed by atoms with Gasteiger partial charge in [0.2, 0.25) is 12.7 Å². The van der Waals surface area contributed by atoms with Gasteiger partial charge in [-0.25, -0.2) is 4.68 Å². The van der Waals surface area contributed by atoms with E-state index in [0.717, 1.165) is 5.56 Å². The van der Waals surface area contributed by atoms with Crippen molar-refractivity contribution in [3.8, 4) is 23.0 Å². The largest absolute Gasteiger partial charge is 0.463 e. The van der Waals surface area contributed by atoms with Crippen molar-refractivity contribution in [2.75, 3.05) is 6.79 Å². The summed E-state index contributed by atoms with van der Waals surface area (Å²) in [7, 11) is 0. The Hall–Kier alpha value is -3.55. The molecule has 0 atom stereocenters. The number of nitrogens with one attached hydrogen (secondary N) is 1. The van der Waals surface area contributed by atoms with Gasteiger partial charge in [0, 0.05) is 25.6 Å². The fourth-order valence-corrected chi connectivity index (χ4v) is 2.89. The number of hydrogen-bond acceptors (Lipinski definition) is 6. The van der Waals surface area contributed by atoms with Crippen molar-refractivity contribution in [2.45, 2.75) is 25.9 Å². The predicted octanol–water partition coefficient (Wildman–Crippen LogP) is 2.33. The maximum atomic E-state index is 12.1. The monoisotopic (exact) mass is 381 g/mol. The topological polar surface area (TPSA) is 95.6 Å². The Morgan fingerprint density at radius 1 is 1.14 bits per heavy atom. The van der Waals surface area contributed by atoms with Gasteiger partial charge in [0.1, 0.15) is 5.69 Å². The molecule has 4 rings (SSSR count). The Morgan fingerprint density at radius 2 is 2.04 bits per heavy atom. The number of rotatable bonds is 7. The fourth-order valence-electron chi connectivity index (χ4n) is 2.89. The van der Waals surface area contributed by atoms with Crippen molar-refractivity contribution in [1.29, 1.82) is 0 Å². The zero-order chi connectivity index (χ0) is 19.3. The number of carbonyl (C=O) groups excluding carboxylic acids is 1. The number of ether oxygens (including phenoxy) is 2. The average molecular weight is 381 g/mol. The number of aromatic nitrogens is 2. The van der Waals surface area contributed by atoms with Crippen LogP contribution in [0, 0.1) is 0 Å². The van der Waals surface area contributed by atoms with Gasteiger partial charge in [-0.05, 0) is 42.3 Å². The van der Waals surface area contributed by atoms with E-state index in [0.29, 0.717) is 48.9 Å². The second-order valence-corrected chi connectivity index (χ2v) is 6.33. The van der Waals surface area contributed by atoms with Gasteiger partial charge < -0.3 is 19.2 Å². The second kappa shape index (κ2) is 7.99. The number of benzene rings is 1. The third-order valence-electron chi connectivity index (χ3n) is 4.34. The maximum absolute atomic E-state index is 12.1. The van der Waals surface area contributed by atoms with Gasteiger partial charge >= 0.3 is 0 Å². The normalized spacial score (nSPS) is 12.1. The number of furan rings is 1. The Morgan fingerprint density at radius 3 is 2.89 bits per heavy atom. The van der Waals surface area contributed by atoms with Crippen molar-refractivity contribution in [3.63, 3.8) is 0 Å². The molecule has 0 saturated heterocycles.